The summed E-state index contributed by atoms with van der Waals surface area (Å²) < 4.78 is 13.9. The van der Waals surface area contributed by atoms with Gasteiger partial charge in [0.05, 0.1) is 5.56 Å². The van der Waals surface area contributed by atoms with E-state index in [0.29, 0.717) is 18.5 Å². The fourth-order valence-electron chi connectivity index (χ4n) is 2.80. The number of carboxylic acids is 1. The number of carboxylic acid groups (broad SMARTS) is 1. The molecular weight excluding hydrogens is 285 g/mol. The number of fused-ring (bicyclic) bond motifs is 1. The predicted octanol–water partition coefficient (Wildman–Crippen LogP) is 2.87. The number of halogens is 1. The first-order valence-corrected chi connectivity index (χ1v) is 6.98. The summed E-state index contributed by atoms with van der Waals surface area (Å²) in [6.07, 6.45) is 0.890. The van der Waals surface area contributed by atoms with Gasteiger partial charge in [-0.1, -0.05) is 30.3 Å². The highest BCUT2D eigenvalue weighted by atomic mass is 19.1. The molecule has 4 nitrogen and oxygen atoms in total. The first-order chi connectivity index (χ1) is 10.6. The zero-order valence-electron chi connectivity index (χ0n) is 11.7. The molecule has 0 bridgehead atoms. The number of anilines is 1. The minimum absolute atomic E-state index is 0.120. The molecule has 2 aromatic rings. The Bertz CT molecular complexity index is 744. The number of para-hydroxylation sites is 1. The molecular formula is C17H14FNO3. The molecule has 112 valence electrons. The number of carbonyl (C=O) groups excluding carboxylic acids is 1. The molecule has 0 saturated heterocycles. The summed E-state index contributed by atoms with van der Waals surface area (Å²) in [6.45, 7) is 0. The molecule has 0 aliphatic carbocycles. The molecule has 1 amide bonds. The number of aliphatic carboxylic acids is 1. The zero-order valence-corrected chi connectivity index (χ0v) is 11.7. The summed E-state index contributed by atoms with van der Waals surface area (Å²) in [7, 11) is 0. The van der Waals surface area contributed by atoms with Crippen LogP contribution in [0, 0.1) is 5.82 Å². The Morgan fingerprint density at radius 1 is 1.09 bits per heavy atom. The molecule has 0 spiro atoms. The van der Waals surface area contributed by atoms with E-state index in [1.54, 1.807) is 18.2 Å². The average molecular weight is 299 g/mol. The number of hydrogen-bond donors (Lipinski definition) is 1. The molecule has 1 aliphatic heterocycles. The highest BCUT2D eigenvalue weighted by molar-refractivity contribution is 6.10. The summed E-state index contributed by atoms with van der Waals surface area (Å²) >= 11 is 0. The van der Waals surface area contributed by atoms with Crippen LogP contribution in [0.3, 0.4) is 0 Å². The van der Waals surface area contributed by atoms with E-state index in [1.165, 1.54) is 23.1 Å². The molecule has 0 fully saturated rings. The number of aryl methyl sites for hydroxylation is 1. The topological polar surface area (TPSA) is 57.6 Å². The van der Waals surface area contributed by atoms with Crippen molar-refractivity contribution >= 4 is 17.6 Å². The third-order valence-corrected chi connectivity index (χ3v) is 3.86. The van der Waals surface area contributed by atoms with E-state index in [-0.39, 0.29) is 5.56 Å². The van der Waals surface area contributed by atoms with Gasteiger partial charge in [0.15, 0.2) is 0 Å². The smallest absolute Gasteiger partial charge is 0.326 e. The fourth-order valence-corrected chi connectivity index (χ4v) is 2.80. The summed E-state index contributed by atoms with van der Waals surface area (Å²) in [6, 6.07) is 11.8. The largest absolute Gasteiger partial charge is 0.480 e. The van der Waals surface area contributed by atoms with E-state index in [1.807, 2.05) is 12.1 Å². The third kappa shape index (κ3) is 2.35. The molecule has 0 saturated carbocycles. The standard InChI is InChI=1S/C17H14FNO3/c18-13-7-3-2-6-12(13)16(20)19-14-8-4-1-5-11(14)9-10-15(19)17(21)22/h1-8,15H,9-10H2,(H,21,22)/t15-/m1/s1. The second kappa shape index (κ2) is 5.60. The quantitative estimate of drug-likeness (QED) is 0.927. The van der Waals surface area contributed by atoms with Crippen LogP contribution < -0.4 is 4.90 Å². The molecule has 1 aliphatic rings. The molecule has 1 heterocycles. The van der Waals surface area contributed by atoms with Crippen molar-refractivity contribution in [2.24, 2.45) is 0 Å². The van der Waals surface area contributed by atoms with Gasteiger partial charge in [0.25, 0.3) is 5.91 Å². The van der Waals surface area contributed by atoms with E-state index in [9.17, 15) is 19.1 Å². The Morgan fingerprint density at radius 3 is 2.50 bits per heavy atom. The average Bonchev–Trinajstić information content (AvgIpc) is 2.53. The van der Waals surface area contributed by atoms with Crippen molar-refractivity contribution in [1.29, 1.82) is 0 Å². The van der Waals surface area contributed by atoms with E-state index in [2.05, 4.69) is 0 Å². The number of carbonyl (C=O) groups is 2. The van der Waals surface area contributed by atoms with Crippen LogP contribution in [-0.4, -0.2) is 23.0 Å². The highest BCUT2D eigenvalue weighted by Gasteiger charge is 2.36. The van der Waals surface area contributed by atoms with Gasteiger partial charge in [-0.15, -0.1) is 0 Å². The molecule has 0 aromatic heterocycles. The van der Waals surface area contributed by atoms with Crippen molar-refractivity contribution in [1.82, 2.24) is 0 Å². The van der Waals surface area contributed by atoms with Crippen LogP contribution in [0.1, 0.15) is 22.3 Å². The van der Waals surface area contributed by atoms with Crippen molar-refractivity contribution in [3.05, 3.63) is 65.5 Å². The lowest BCUT2D eigenvalue weighted by Gasteiger charge is -2.34. The number of hydrogen-bond acceptors (Lipinski definition) is 2. The molecule has 0 unspecified atom stereocenters. The van der Waals surface area contributed by atoms with Crippen molar-refractivity contribution in [2.45, 2.75) is 18.9 Å². The van der Waals surface area contributed by atoms with Crippen molar-refractivity contribution in [3.63, 3.8) is 0 Å². The molecule has 2 aromatic carbocycles. The van der Waals surface area contributed by atoms with E-state index >= 15 is 0 Å². The molecule has 0 radical (unpaired) electrons. The Labute approximate surface area is 126 Å². The Kier molecular flexibility index (Phi) is 3.63. The summed E-state index contributed by atoms with van der Waals surface area (Å²) in [4.78, 5) is 25.4. The molecule has 1 atom stereocenters. The third-order valence-electron chi connectivity index (χ3n) is 3.86. The molecule has 1 N–H and O–H groups in total. The predicted molar refractivity (Wildman–Crippen MR) is 79.4 cm³/mol. The van der Waals surface area contributed by atoms with E-state index in [0.717, 1.165) is 5.56 Å². The van der Waals surface area contributed by atoms with E-state index in [4.69, 9.17) is 0 Å². The maximum atomic E-state index is 13.9. The van der Waals surface area contributed by atoms with Gasteiger partial charge in [0.1, 0.15) is 11.9 Å². The first kappa shape index (κ1) is 14.3. The lowest BCUT2D eigenvalue weighted by atomic mass is 9.94. The van der Waals surface area contributed by atoms with Gasteiger partial charge in [-0.05, 0) is 36.6 Å². The highest BCUT2D eigenvalue weighted by Crippen LogP contribution is 2.32. The Morgan fingerprint density at radius 2 is 1.77 bits per heavy atom. The number of benzene rings is 2. The van der Waals surface area contributed by atoms with Gasteiger partial charge in [0.2, 0.25) is 0 Å². The SMILES string of the molecule is O=C(O)[C@H]1CCc2ccccc2N1C(=O)c1ccccc1F. The number of rotatable bonds is 2. The Balaban J connectivity index is 2.10. The fraction of sp³-hybridized carbons (Fsp3) is 0.176. The van der Waals surface area contributed by atoms with Gasteiger partial charge in [-0.3, -0.25) is 9.69 Å². The normalized spacial score (nSPS) is 17.0. The number of amides is 1. The minimum Gasteiger partial charge on any atom is -0.480 e. The van der Waals surface area contributed by atoms with Crippen LogP contribution in [0.15, 0.2) is 48.5 Å². The van der Waals surface area contributed by atoms with Crippen LogP contribution in [0.4, 0.5) is 10.1 Å². The van der Waals surface area contributed by atoms with Crippen LogP contribution in [0.25, 0.3) is 0 Å². The maximum absolute atomic E-state index is 13.9. The lowest BCUT2D eigenvalue weighted by molar-refractivity contribution is -0.138. The summed E-state index contributed by atoms with van der Waals surface area (Å²) in [5.41, 5.74) is 1.31. The van der Waals surface area contributed by atoms with E-state index < -0.39 is 23.7 Å². The molecule has 3 rings (SSSR count). The van der Waals surface area contributed by atoms with Gasteiger partial charge >= 0.3 is 5.97 Å². The second-order valence-electron chi connectivity index (χ2n) is 5.18. The molecule has 5 heteroatoms. The van der Waals surface area contributed by atoms with Crippen molar-refractivity contribution < 1.29 is 19.1 Å². The molecule has 22 heavy (non-hydrogen) atoms. The van der Waals surface area contributed by atoms with Crippen LogP contribution in [0.2, 0.25) is 0 Å². The lowest BCUT2D eigenvalue weighted by Crippen LogP contribution is -2.48. The monoisotopic (exact) mass is 299 g/mol. The van der Waals surface area contributed by atoms with Gasteiger partial charge in [-0.2, -0.15) is 0 Å². The summed E-state index contributed by atoms with van der Waals surface area (Å²) in [5.74, 6) is -2.36. The van der Waals surface area contributed by atoms with Gasteiger partial charge in [0, 0.05) is 5.69 Å². The first-order valence-electron chi connectivity index (χ1n) is 6.98. The van der Waals surface area contributed by atoms with Gasteiger partial charge < -0.3 is 5.11 Å². The van der Waals surface area contributed by atoms with Crippen LogP contribution in [0.5, 0.6) is 0 Å². The minimum atomic E-state index is -1.08. The Hall–Kier alpha value is -2.69. The van der Waals surface area contributed by atoms with Crippen LogP contribution >= 0.6 is 0 Å². The van der Waals surface area contributed by atoms with Crippen molar-refractivity contribution in [3.8, 4) is 0 Å². The van der Waals surface area contributed by atoms with Crippen molar-refractivity contribution in [2.75, 3.05) is 4.90 Å². The number of nitrogens with zero attached hydrogens (tertiary/aromatic N) is 1. The second-order valence-corrected chi connectivity index (χ2v) is 5.18. The van der Waals surface area contributed by atoms with Gasteiger partial charge in [-0.25, -0.2) is 9.18 Å². The van der Waals surface area contributed by atoms with Crippen LogP contribution in [-0.2, 0) is 11.2 Å². The zero-order chi connectivity index (χ0) is 15.7. The summed E-state index contributed by atoms with van der Waals surface area (Å²) in [5, 5.41) is 9.41. The maximum Gasteiger partial charge on any atom is 0.326 e.